The smallest absolute Gasteiger partial charge is 0.246 e. The first kappa shape index (κ1) is 15.6. The van der Waals surface area contributed by atoms with Gasteiger partial charge in [0.15, 0.2) is 0 Å². The molecule has 1 aliphatic heterocycles. The van der Waals surface area contributed by atoms with E-state index in [1.807, 2.05) is 42.5 Å². The fraction of sp³-hybridized carbons (Fsp3) is 0.222. The number of hydrogen-bond acceptors (Lipinski definition) is 2. The van der Waals surface area contributed by atoms with Crippen LogP contribution in [0.1, 0.15) is 11.1 Å². The van der Waals surface area contributed by atoms with E-state index in [1.54, 1.807) is 17.0 Å². The van der Waals surface area contributed by atoms with Gasteiger partial charge < -0.3 is 10.2 Å². The van der Waals surface area contributed by atoms with Crippen molar-refractivity contribution in [3.8, 4) is 0 Å². The molecule has 0 aromatic heterocycles. The van der Waals surface area contributed by atoms with Crippen molar-refractivity contribution in [3.63, 3.8) is 0 Å². The minimum Gasteiger partial charge on any atom is -0.342 e. The van der Waals surface area contributed by atoms with Crippen molar-refractivity contribution in [1.29, 1.82) is 0 Å². The summed E-state index contributed by atoms with van der Waals surface area (Å²) >= 11 is 5.87. The maximum atomic E-state index is 12.6. The van der Waals surface area contributed by atoms with Gasteiger partial charge in [-0.25, -0.2) is 0 Å². The van der Waals surface area contributed by atoms with Crippen molar-refractivity contribution in [2.75, 3.05) is 6.54 Å². The lowest BCUT2D eigenvalue weighted by Crippen LogP contribution is -2.58. The van der Waals surface area contributed by atoms with Gasteiger partial charge >= 0.3 is 0 Å². The summed E-state index contributed by atoms with van der Waals surface area (Å²) in [5.41, 5.74) is 1.98. The second kappa shape index (κ2) is 6.84. The quantitative estimate of drug-likeness (QED) is 0.937. The van der Waals surface area contributed by atoms with Crippen LogP contribution in [0.3, 0.4) is 0 Å². The number of halogens is 1. The molecule has 1 N–H and O–H groups in total. The molecule has 1 aliphatic rings. The van der Waals surface area contributed by atoms with E-state index >= 15 is 0 Å². The Labute approximate surface area is 140 Å². The van der Waals surface area contributed by atoms with E-state index in [4.69, 9.17) is 11.6 Å². The molecular weight excluding hydrogens is 312 g/mol. The summed E-state index contributed by atoms with van der Waals surface area (Å²) in [7, 11) is 0. The fourth-order valence-electron chi connectivity index (χ4n) is 2.71. The van der Waals surface area contributed by atoms with Gasteiger partial charge in [-0.1, -0.05) is 54.1 Å². The third-order valence-electron chi connectivity index (χ3n) is 3.85. The summed E-state index contributed by atoms with van der Waals surface area (Å²) in [5, 5.41) is 3.43. The van der Waals surface area contributed by atoms with Crippen LogP contribution in [0.25, 0.3) is 0 Å². The Morgan fingerprint density at radius 3 is 2.39 bits per heavy atom. The SMILES string of the molecule is O=C1CN(Cc2ccccc2)C(=O)[C@@H](Cc2ccc(Cl)cc2)N1. The molecule has 5 heteroatoms. The molecule has 118 valence electrons. The number of nitrogens with one attached hydrogen (secondary N) is 1. The van der Waals surface area contributed by atoms with Gasteiger partial charge in [0.1, 0.15) is 6.04 Å². The Morgan fingerprint density at radius 2 is 1.70 bits per heavy atom. The van der Waals surface area contributed by atoms with Gasteiger partial charge in [0.05, 0.1) is 6.54 Å². The predicted molar refractivity (Wildman–Crippen MR) is 88.9 cm³/mol. The normalized spacial score (nSPS) is 18.0. The highest BCUT2D eigenvalue weighted by molar-refractivity contribution is 6.30. The highest BCUT2D eigenvalue weighted by atomic mass is 35.5. The molecule has 0 unspecified atom stereocenters. The van der Waals surface area contributed by atoms with Crippen LogP contribution in [0.2, 0.25) is 5.02 Å². The van der Waals surface area contributed by atoms with Crippen LogP contribution in [0.15, 0.2) is 54.6 Å². The Bertz CT molecular complexity index is 701. The van der Waals surface area contributed by atoms with E-state index in [9.17, 15) is 9.59 Å². The molecule has 0 saturated carbocycles. The molecule has 0 bridgehead atoms. The van der Waals surface area contributed by atoms with Gasteiger partial charge in [0.2, 0.25) is 11.8 Å². The molecule has 0 spiro atoms. The molecule has 2 amide bonds. The molecule has 2 aromatic rings. The summed E-state index contributed by atoms with van der Waals surface area (Å²) in [5.74, 6) is -0.178. The van der Waals surface area contributed by atoms with Crippen molar-refractivity contribution < 1.29 is 9.59 Å². The summed E-state index contributed by atoms with van der Waals surface area (Å²) < 4.78 is 0. The standard InChI is InChI=1S/C18H17ClN2O2/c19-15-8-6-13(7-9-15)10-16-18(23)21(12-17(22)20-16)11-14-4-2-1-3-5-14/h1-9,16H,10-12H2,(H,20,22)/t16-/m1/s1. The van der Waals surface area contributed by atoms with Gasteiger partial charge in [0.25, 0.3) is 0 Å². The maximum absolute atomic E-state index is 12.6. The van der Waals surface area contributed by atoms with Crippen LogP contribution in [0, 0.1) is 0 Å². The number of benzene rings is 2. The van der Waals surface area contributed by atoms with Crippen molar-refractivity contribution in [3.05, 3.63) is 70.7 Å². The zero-order valence-electron chi connectivity index (χ0n) is 12.5. The van der Waals surface area contributed by atoms with Gasteiger partial charge in [-0.3, -0.25) is 9.59 Å². The third-order valence-corrected chi connectivity index (χ3v) is 4.10. The second-order valence-corrected chi connectivity index (χ2v) is 6.07. The third kappa shape index (κ3) is 3.90. The van der Waals surface area contributed by atoms with Crippen molar-refractivity contribution >= 4 is 23.4 Å². The van der Waals surface area contributed by atoms with E-state index < -0.39 is 6.04 Å². The summed E-state index contributed by atoms with van der Waals surface area (Å²) in [6.45, 7) is 0.551. The van der Waals surface area contributed by atoms with Gasteiger partial charge in [0, 0.05) is 18.0 Å². The topological polar surface area (TPSA) is 49.4 Å². The molecule has 1 fully saturated rings. The first-order valence-corrected chi connectivity index (χ1v) is 7.86. The number of carbonyl (C=O) groups excluding carboxylic acids is 2. The summed E-state index contributed by atoms with van der Waals surface area (Å²) in [6, 6.07) is 16.5. The highest BCUT2D eigenvalue weighted by Crippen LogP contribution is 2.15. The average Bonchev–Trinajstić information content (AvgIpc) is 2.55. The molecule has 3 rings (SSSR count). The van der Waals surface area contributed by atoms with Crippen LogP contribution in [-0.2, 0) is 22.6 Å². The first-order chi connectivity index (χ1) is 11.1. The molecule has 0 radical (unpaired) electrons. The molecule has 1 saturated heterocycles. The Kier molecular flexibility index (Phi) is 4.63. The molecule has 23 heavy (non-hydrogen) atoms. The van der Waals surface area contributed by atoms with Crippen molar-refractivity contribution in [2.24, 2.45) is 0 Å². The Hall–Kier alpha value is -2.33. The van der Waals surface area contributed by atoms with Crippen LogP contribution in [-0.4, -0.2) is 29.3 Å². The van der Waals surface area contributed by atoms with E-state index in [-0.39, 0.29) is 18.4 Å². The first-order valence-electron chi connectivity index (χ1n) is 7.48. The number of carbonyl (C=O) groups is 2. The molecule has 1 atom stereocenters. The van der Waals surface area contributed by atoms with E-state index in [0.717, 1.165) is 11.1 Å². The summed E-state index contributed by atoms with van der Waals surface area (Å²) in [6.07, 6.45) is 0.465. The van der Waals surface area contributed by atoms with Gasteiger partial charge in [-0.05, 0) is 23.3 Å². The van der Waals surface area contributed by atoms with E-state index in [1.165, 1.54) is 0 Å². The van der Waals surface area contributed by atoms with E-state index in [0.29, 0.717) is 18.0 Å². The zero-order chi connectivity index (χ0) is 16.2. The van der Waals surface area contributed by atoms with Crippen LogP contribution >= 0.6 is 11.6 Å². The average molecular weight is 329 g/mol. The lowest BCUT2D eigenvalue weighted by Gasteiger charge is -2.32. The van der Waals surface area contributed by atoms with Crippen LogP contribution < -0.4 is 5.32 Å². The number of rotatable bonds is 4. The number of piperazine rings is 1. The van der Waals surface area contributed by atoms with E-state index in [2.05, 4.69) is 5.32 Å². The maximum Gasteiger partial charge on any atom is 0.246 e. The van der Waals surface area contributed by atoms with Crippen molar-refractivity contribution in [2.45, 2.75) is 19.0 Å². The molecule has 1 heterocycles. The van der Waals surface area contributed by atoms with Crippen molar-refractivity contribution in [1.82, 2.24) is 10.2 Å². The highest BCUT2D eigenvalue weighted by Gasteiger charge is 2.32. The molecule has 4 nitrogen and oxygen atoms in total. The van der Waals surface area contributed by atoms with Crippen LogP contribution in [0.5, 0.6) is 0 Å². The lowest BCUT2D eigenvalue weighted by atomic mass is 10.0. The minimum absolute atomic E-state index is 0.0524. The largest absolute Gasteiger partial charge is 0.342 e. The minimum atomic E-state index is -0.527. The van der Waals surface area contributed by atoms with Crippen LogP contribution in [0.4, 0.5) is 0 Å². The fourth-order valence-corrected chi connectivity index (χ4v) is 2.83. The Morgan fingerprint density at radius 1 is 1.00 bits per heavy atom. The Balaban J connectivity index is 1.72. The zero-order valence-corrected chi connectivity index (χ0v) is 13.3. The molecule has 2 aromatic carbocycles. The summed E-state index contributed by atoms with van der Waals surface area (Å²) in [4.78, 5) is 26.2. The second-order valence-electron chi connectivity index (χ2n) is 5.63. The monoisotopic (exact) mass is 328 g/mol. The van der Waals surface area contributed by atoms with Gasteiger partial charge in [-0.2, -0.15) is 0 Å². The van der Waals surface area contributed by atoms with Gasteiger partial charge in [-0.15, -0.1) is 0 Å². The molecular formula is C18H17ClN2O2. The predicted octanol–water partition coefficient (Wildman–Crippen LogP) is 2.41. The number of nitrogens with zero attached hydrogens (tertiary/aromatic N) is 1. The molecule has 0 aliphatic carbocycles. The number of hydrogen-bond donors (Lipinski definition) is 1. The lowest BCUT2D eigenvalue weighted by molar-refractivity contribution is -0.144. The number of amides is 2.